The molecule has 1 N–H and O–H groups in total. The molecule has 1 unspecified atom stereocenters. The minimum atomic E-state index is -0.378. The van der Waals surface area contributed by atoms with E-state index >= 15 is 0 Å². The SMILES string of the molecule is COCC(C)CNCc1cccc([N+](=O)[O-])c1. The number of nitrogens with one attached hydrogen (secondary N) is 1. The number of nitro groups is 1. The van der Waals surface area contributed by atoms with Crippen molar-refractivity contribution in [2.45, 2.75) is 13.5 Å². The lowest BCUT2D eigenvalue weighted by Crippen LogP contribution is -2.23. The van der Waals surface area contributed by atoms with E-state index in [1.807, 2.05) is 6.07 Å². The van der Waals surface area contributed by atoms with Crippen LogP contribution < -0.4 is 5.32 Å². The van der Waals surface area contributed by atoms with Gasteiger partial charge in [0.05, 0.1) is 4.92 Å². The summed E-state index contributed by atoms with van der Waals surface area (Å²) < 4.78 is 5.03. The van der Waals surface area contributed by atoms with E-state index in [9.17, 15) is 10.1 Å². The van der Waals surface area contributed by atoms with Gasteiger partial charge in [0.2, 0.25) is 0 Å². The molecule has 0 radical (unpaired) electrons. The highest BCUT2D eigenvalue weighted by atomic mass is 16.6. The number of rotatable bonds is 7. The van der Waals surface area contributed by atoms with Crippen molar-refractivity contribution in [3.8, 4) is 0 Å². The molecule has 0 saturated carbocycles. The fourth-order valence-electron chi connectivity index (χ4n) is 1.59. The molecule has 94 valence electrons. The summed E-state index contributed by atoms with van der Waals surface area (Å²) in [6, 6.07) is 6.67. The normalized spacial score (nSPS) is 12.4. The molecule has 5 heteroatoms. The number of nitrogens with zero attached hydrogens (tertiary/aromatic N) is 1. The van der Waals surface area contributed by atoms with Crippen LogP contribution in [0.2, 0.25) is 0 Å². The summed E-state index contributed by atoms with van der Waals surface area (Å²) in [4.78, 5) is 10.2. The molecule has 0 aliphatic carbocycles. The Kier molecular flexibility index (Phi) is 5.59. The first-order valence-electron chi connectivity index (χ1n) is 5.56. The molecule has 0 amide bonds. The number of hydrogen-bond donors (Lipinski definition) is 1. The predicted molar refractivity (Wildman–Crippen MR) is 65.8 cm³/mol. The second-order valence-corrected chi connectivity index (χ2v) is 4.12. The van der Waals surface area contributed by atoms with Crippen molar-refractivity contribution in [2.75, 3.05) is 20.3 Å². The second kappa shape index (κ2) is 6.98. The molecule has 17 heavy (non-hydrogen) atoms. The lowest BCUT2D eigenvalue weighted by atomic mass is 10.1. The van der Waals surface area contributed by atoms with Crippen LogP contribution in [0.4, 0.5) is 5.69 Å². The summed E-state index contributed by atoms with van der Waals surface area (Å²) in [6.07, 6.45) is 0. The molecule has 0 fully saturated rings. The third-order valence-electron chi connectivity index (χ3n) is 2.39. The Bertz CT molecular complexity index is 369. The zero-order valence-corrected chi connectivity index (χ0v) is 10.2. The summed E-state index contributed by atoms with van der Waals surface area (Å²) in [5.41, 5.74) is 1.05. The third-order valence-corrected chi connectivity index (χ3v) is 2.39. The molecule has 0 aliphatic heterocycles. The van der Waals surface area contributed by atoms with E-state index in [1.165, 1.54) is 6.07 Å². The average molecular weight is 238 g/mol. The van der Waals surface area contributed by atoms with E-state index in [2.05, 4.69) is 12.2 Å². The van der Waals surface area contributed by atoms with E-state index in [-0.39, 0.29) is 10.6 Å². The Labute approximate surface area is 101 Å². The van der Waals surface area contributed by atoms with Crippen LogP contribution in [0.3, 0.4) is 0 Å². The topological polar surface area (TPSA) is 64.4 Å². The zero-order chi connectivity index (χ0) is 12.7. The fraction of sp³-hybridized carbons (Fsp3) is 0.500. The third kappa shape index (κ3) is 4.93. The van der Waals surface area contributed by atoms with Gasteiger partial charge in [-0.2, -0.15) is 0 Å². The highest BCUT2D eigenvalue weighted by Crippen LogP contribution is 2.12. The van der Waals surface area contributed by atoms with Gasteiger partial charge in [-0.15, -0.1) is 0 Å². The standard InChI is InChI=1S/C12H18N2O3/c1-10(9-17-2)7-13-8-11-4-3-5-12(6-11)14(15)16/h3-6,10,13H,7-9H2,1-2H3. The van der Waals surface area contributed by atoms with Gasteiger partial charge in [0.25, 0.3) is 5.69 Å². The molecule has 5 nitrogen and oxygen atoms in total. The van der Waals surface area contributed by atoms with Crippen LogP contribution in [0.25, 0.3) is 0 Å². The van der Waals surface area contributed by atoms with Gasteiger partial charge in [-0.25, -0.2) is 0 Å². The maximum absolute atomic E-state index is 10.6. The first-order valence-corrected chi connectivity index (χ1v) is 5.56. The van der Waals surface area contributed by atoms with Crippen molar-refractivity contribution in [1.82, 2.24) is 5.32 Å². The van der Waals surface area contributed by atoms with Crippen LogP contribution in [0.5, 0.6) is 0 Å². The minimum Gasteiger partial charge on any atom is -0.384 e. The van der Waals surface area contributed by atoms with E-state index in [0.717, 1.165) is 12.1 Å². The molecule has 1 atom stereocenters. The number of non-ortho nitro benzene ring substituents is 1. The molecule has 1 rings (SSSR count). The van der Waals surface area contributed by atoms with Gasteiger partial charge >= 0.3 is 0 Å². The maximum atomic E-state index is 10.6. The van der Waals surface area contributed by atoms with E-state index < -0.39 is 0 Å². The summed E-state index contributed by atoms with van der Waals surface area (Å²) >= 11 is 0. The van der Waals surface area contributed by atoms with Crippen molar-refractivity contribution in [1.29, 1.82) is 0 Å². The molecular formula is C12H18N2O3. The molecule has 0 aromatic heterocycles. The lowest BCUT2D eigenvalue weighted by Gasteiger charge is -2.11. The number of ether oxygens (including phenoxy) is 1. The van der Waals surface area contributed by atoms with Crippen molar-refractivity contribution in [3.63, 3.8) is 0 Å². The first kappa shape index (κ1) is 13.6. The molecule has 0 saturated heterocycles. The highest BCUT2D eigenvalue weighted by molar-refractivity contribution is 5.34. The highest BCUT2D eigenvalue weighted by Gasteiger charge is 2.06. The predicted octanol–water partition coefficient (Wildman–Crippen LogP) is 1.97. The monoisotopic (exact) mass is 238 g/mol. The molecule has 0 aliphatic rings. The minimum absolute atomic E-state index is 0.134. The molecular weight excluding hydrogens is 220 g/mol. The summed E-state index contributed by atoms with van der Waals surface area (Å²) in [7, 11) is 1.68. The van der Waals surface area contributed by atoms with Crippen molar-refractivity contribution < 1.29 is 9.66 Å². The van der Waals surface area contributed by atoms with Gasteiger partial charge < -0.3 is 10.1 Å². The summed E-state index contributed by atoms with van der Waals surface area (Å²) in [5, 5.41) is 13.8. The molecule has 1 aromatic rings. The Morgan fingerprint density at radius 2 is 2.29 bits per heavy atom. The molecule has 0 bridgehead atoms. The number of nitro benzene ring substituents is 1. The smallest absolute Gasteiger partial charge is 0.269 e. The van der Waals surface area contributed by atoms with Gasteiger partial charge in [0.1, 0.15) is 0 Å². The van der Waals surface area contributed by atoms with Gasteiger partial charge in [-0.05, 0) is 11.5 Å². The van der Waals surface area contributed by atoms with Gasteiger partial charge in [0.15, 0.2) is 0 Å². The average Bonchev–Trinajstić information content (AvgIpc) is 2.30. The van der Waals surface area contributed by atoms with E-state index in [1.54, 1.807) is 19.2 Å². The number of methoxy groups -OCH3 is 1. The van der Waals surface area contributed by atoms with Crippen LogP contribution in [0.15, 0.2) is 24.3 Å². The van der Waals surface area contributed by atoms with Crippen molar-refractivity contribution in [3.05, 3.63) is 39.9 Å². The lowest BCUT2D eigenvalue weighted by molar-refractivity contribution is -0.384. The van der Waals surface area contributed by atoms with Crippen LogP contribution >= 0.6 is 0 Å². The Balaban J connectivity index is 2.41. The van der Waals surface area contributed by atoms with Crippen LogP contribution in [0, 0.1) is 16.0 Å². The van der Waals surface area contributed by atoms with Crippen molar-refractivity contribution in [2.24, 2.45) is 5.92 Å². The second-order valence-electron chi connectivity index (χ2n) is 4.12. The number of benzene rings is 1. The Morgan fingerprint density at radius 1 is 1.53 bits per heavy atom. The van der Waals surface area contributed by atoms with Gasteiger partial charge in [-0.3, -0.25) is 10.1 Å². The summed E-state index contributed by atoms with van der Waals surface area (Å²) in [5.74, 6) is 0.429. The fourth-order valence-corrected chi connectivity index (χ4v) is 1.59. The maximum Gasteiger partial charge on any atom is 0.269 e. The van der Waals surface area contributed by atoms with E-state index in [0.29, 0.717) is 19.1 Å². The summed E-state index contributed by atoms with van der Waals surface area (Å²) in [6.45, 7) is 4.26. The Hall–Kier alpha value is -1.46. The van der Waals surface area contributed by atoms with Crippen molar-refractivity contribution >= 4 is 5.69 Å². The zero-order valence-electron chi connectivity index (χ0n) is 10.2. The molecule has 0 heterocycles. The van der Waals surface area contributed by atoms with Gasteiger partial charge in [0, 0.05) is 38.9 Å². The van der Waals surface area contributed by atoms with Crippen LogP contribution in [-0.2, 0) is 11.3 Å². The first-order chi connectivity index (χ1) is 8.13. The molecule has 1 aromatic carbocycles. The van der Waals surface area contributed by atoms with Crippen LogP contribution in [-0.4, -0.2) is 25.2 Å². The van der Waals surface area contributed by atoms with Crippen LogP contribution in [0.1, 0.15) is 12.5 Å². The van der Waals surface area contributed by atoms with Gasteiger partial charge in [-0.1, -0.05) is 19.1 Å². The molecule has 0 spiro atoms. The largest absolute Gasteiger partial charge is 0.384 e. The number of hydrogen-bond acceptors (Lipinski definition) is 4. The quantitative estimate of drug-likeness (QED) is 0.582. The Morgan fingerprint density at radius 3 is 2.94 bits per heavy atom. The van der Waals surface area contributed by atoms with E-state index in [4.69, 9.17) is 4.74 Å².